The summed E-state index contributed by atoms with van der Waals surface area (Å²) in [5.74, 6) is -1.64. The van der Waals surface area contributed by atoms with Crippen LogP contribution in [0, 0.1) is 0 Å². The summed E-state index contributed by atoms with van der Waals surface area (Å²) in [6.07, 6.45) is -1.12. The Morgan fingerprint density at radius 3 is 2.52 bits per heavy atom. The topological polar surface area (TPSA) is 116 Å². The van der Waals surface area contributed by atoms with Crippen LogP contribution in [0.4, 0.5) is 5.69 Å². The fourth-order valence-corrected chi connectivity index (χ4v) is 3.72. The predicted octanol–water partition coefficient (Wildman–Crippen LogP) is 1.58. The first-order chi connectivity index (χ1) is 10.8. The molecule has 0 spiro atoms. The molecule has 2 aromatic rings. The monoisotopic (exact) mass is 354 g/mol. The summed E-state index contributed by atoms with van der Waals surface area (Å²) in [7, 11) is -3.80. The third-order valence-corrected chi connectivity index (χ3v) is 5.60. The predicted molar refractivity (Wildman–Crippen MR) is 85.6 cm³/mol. The number of carbonyl (C=O) groups excluding carboxylic acids is 2. The van der Waals surface area contributed by atoms with Gasteiger partial charge in [-0.3, -0.25) is 9.52 Å². The molecule has 1 amide bonds. The van der Waals surface area contributed by atoms with Gasteiger partial charge in [-0.2, -0.15) is 0 Å². The maximum Gasteiger partial charge on any atom is 0.341 e. The van der Waals surface area contributed by atoms with E-state index in [1.165, 1.54) is 25.1 Å². The molecule has 9 heteroatoms. The van der Waals surface area contributed by atoms with Crippen LogP contribution in [0.2, 0.25) is 0 Å². The van der Waals surface area contributed by atoms with Gasteiger partial charge in [-0.15, -0.1) is 11.3 Å². The number of sulfonamides is 1. The van der Waals surface area contributed by atoms with E-state index in [1.54, 1.807) is 23.6 Å². The zero-order chi connectivity index (χ0) is 17.0. The lowest BCUT2D eigenvalue weighted by Gasteiger charge is -2.13. The second kappa shape index (κ2) is 6.80. The fourth-order valence-electron chi connectivity index (χ4n) is 1.64. The van der Waals surface area contributed by atoms with Crippen molar-refractivity contribution in [3.05, 3.63) is 47.3 Å². The molecular weight excluding hydrogens is 340 g/mol. The van der Waals surface area contributed by atoms with E-state index in [0.717, 1.165) is 11.3 Å². The maximum atomic E-state index is 12.2. The average molecular weight is 354 g/mol. The first kappa shape index (κ1) is 17.0. The molecule has 0 aliphatic carbocycles. The highest BCUT2D eigenvalue weighted by Crippen LogP contribution is 2.23. The zero-order valence-corrected chi connectivity index (χ0v) is 13.7. The largest absolute Gasteiger partial charge is 0.449 e. The SMILES string of the molecule is C[C@H](OC(=O)c1ccccc1NS(=O)(=O)c1cccs1)C(N)=O. The first-order valence-corrected chi connectivity index (χ1v) is 8.83. The van der Waals surface area contributed by atoms with Crippen LogP contribution in [0.25, 0.3) is 0 Å². The molecule has 0 unspecified atom stereocenters. The van der Waals surface area contributed by atoms with Crippen molar-refractivity contribution in [1.82, 2.24) is 0 Å². The lowest BCUT2D eigenvalue weighted by Crippen LogP contribution is -2.30. The van der Waals surface area contributed by atoms with Crippen LogP contribution in [0.1, 0.15) is 17.3 Å². The van der Waals surface area contributed by atoms with E-state index in [1.807, 2.05) is 0 Å². The van der Waals surface area contributed by atoms with Crippen LogP contribution < -0.4 is 10.5 Å². The van der Waals surface area contributed by atoms with Gasteiger partial charge in [0.15, 0.2) is 6.10 Å². The minimum Gasteiger partial charge on any atom is -0.449 e. The Labute approximate surface area is 137 Å². The van der Waals surface area contributed by atoms with E-state index >= 15 is 0 Å². The minimum atomic E-state index is -3.80. The summed E-state index contributed by atoms with van der Waals surface area (Å²) in [4.78, 5) is 23.1. The van der Waals surface area contributed by atoms with Gasteiger partial charge in [-0.25, -0.2) is 13.2 Å². The Kier molecular flexibility index (Phi) is 5.02. The summed E-state index contributed by atoms with van der Waals surface area (Å²) < 4.78 is 31.8. The molecule has 1 heterocycles. The first-order valence-electron chi connectivity index (χ1n) is 6.47. The number of esters is 1. The Morgan fingerprint density at radius 1 is 1.22 bits per heavy atom. The van der Waals surface area contributed by atoms with Crippen molar-refractivity contribution >= 4 is 38.9 Å². The van der Waals surface area contributed by atoms with E-state index in [4.69, 9.17) is 10.5 Å². The molecule has 1 aromatic heterocycles. The molecule has 0 saturated heterocycles. The number of thiophene rings is 1. The normalized spacial score (nSPS) is 12.4. The van der Waals surface area contributed by atoms with Crippen molar-refractivity contribution in [3.8, 4) is 0 Å². The molecule has 0 radical (unpaired) electrons. The molecule has 122 valence electrons. The summed E-state index contributed by atoms with van der Waals surface area (Å²) in [5.41, 5.74) is 5.08. The summed E-state index contributed by atoms with van der Waals surface area (Å²) in [5, 5.41) is 1.63. The van der Waals surface area contributed by atoms with Crippen LogP contribution in [-0.4, -0.2) is 26.4 Å². The van der Waals surface area contributed by atoms with Gasteiger partial charge in [0.2, 0.25) is 0 Å². The Bertz CT molecular complexity index is 815. The van der Waals surface area contributed by atoms with Gasteiger partial charge in [0.05, 0.1) is 11.3 Å². The second-order valence-corrected chi connectivity index (χ2v) is 7.39. The number of rotatable bonds is 6. The van der Waals surface area contributed by atoms with Crippen molar-refractivity contribution in [3.63, 3.8) is 0 Å². The Balaban J connectivity index is 2.28. The van der Waals surface area contributed by atoms with Crippen LogP contribution in [0.3, 0.4) is 0 Å². The number of para-hydroxylation sites is 1. The van der Waals surface area contributed by atoms with Crippen molar-refractivity contribution < 1.29 is 22.7 Å². The standard InChI is InChI=1S/C14H14N2O5S2/c1-9(13(15)17)21-14(18)10-5-2-3-6-11(10)16-23(19,20)12-7-4-8-22-12/h2-9,16H,1H3,(H2,15,17)/t9-/m0/s1. The number of amides is 1. The molecule has 1 atom stereocenters. The third kappa shape index (κ3) is 4.08. The van der Waals surface area contributed by atoms with Crippen molar-refractivity contribution in [1.29, 1.82) is 0 Å². The quantitative estimate of drug-likeness (QED) is 0.764. The summed E-state index contributed by atoms with van der Waals surface area (Å²) in [6.45, 7) is 1.33. The van der Waals surface area contributed by atoms with Gasteiger partial charge < -0.3 is 10.5 Å². The number of nitrogens with one attached hydrogen (secondary N) is 1. The minimum absolute atomic E-state index is 0.0132. The van der Waals surface area contributed by atoms with Crippen molar-refractivity contribution in [2.45, 2.75) is 17.2 Å². The van der Waals surface area contributed by atoms with Crippen LogP contribution in [-0.2, 0) is 19.6 Å². The molecule has 0 bridgehead atoms. The number of anilines is 1. The van der Waals surface area contributed by atoms with E-state index in [9.17, 15) is 18.0 Å². The third-order valence-electron chi connectivity index (χ3n) is 2.84. The molecule has 0 fully saturated rings. The highest BCUT2D eigenvalue weighted by atomic mass is 32.2. The maximum absolute atomic E-state index is 12.2. The lowest BCUT2D eigenvalue weighted by atomic mass is 10.2. The smallest absolute Gasteiger partial charge is 0.341 e. The Hall–Kier alpha value is -2.39. The van der Waals surface area contributed by atoms with Crippen LogP contribution in [0.5, 0.6) is 0 Å². The summed E-state index contributed by atoms with van der Waals surface area (Å²) >= 11 is 1.05. The Morgan fingerprint density at radius 2 is 1.91 bits per heavy atom. The number of carbonyl (C=O) groups is 2. The zero-order valence-electron chi connectivity index (χ0n) is 12.1. The molecular formula is C14H14N2O5S2. The fraction of sp³-hybridized carbons (Fsp3) is 0.143. The number of ether oxygens (including phenoxy) is 1. The van der Waals surface area contributed by atoms with Gasteiger partial charge >= 0.3 is 5.97 Å². The highest BCUT2D eigenvalue weighted by Gasteiger charge is 2.22. The van der Waals surface area contributed by atoms with E-state index in [-0.39, 0.29) is 15.5 Å². The number of benzene rings is 1. The van der Waals surface area contributed by atoms with Gasteiger partial charge in [-0.05, 0) is 30.5 Å². The number of nitrogens with two attached hydrogens (primary N) is 1. The van der Waals surface area contributed by atoms with E-state index in [2.05, 4.69) is 4.72 Å². The van der Waals surface area contributed by atoms with Crippen LogP contribution >= 0.6 is 11.3 Å². The van der Waals surface area contributed by atoms with Crippen molar-refractivity contribution in [2.24, 2.45) is 5.73 Å². The molecule has 23 heavy (non-hydrogen) atoms. The molecule has 1 aromatic carbocycles. The number of hydrogen-bond acceptors (Lipinski definition) is 6. The average Bonchev–Trinajstić information content (AvgIpc) is 3.02. The van der Waals surface area contributed by atoms with Crippen LogP contribution in [0.15, 0.2) is 46.0 Å². The van der Waals surface area contributed by atoms with Gasteiger partial charge in [0.25, 0.3) is 15.9 Å². The summed E-state index contributed by atoms with van der Waals surface area (Å²) in [6, 6.07) is 8.99. The highest BCUT2D eigenvalue weighted by molar-refractivity contribution is 7.94. The molecule has 2 rings (SSSR count). The number of hydrogen-bond donors (Lipinski definition) is 2. The van der Waals surface area contributed by atoms with Gasteiger partial charge in [0.1, 0.15) is 4.21 Å². The van der Waals surface area contributed by atoms with E-state index < -0.39 is 28.0 Å². The number of primary amides is 1. The molecule has 0 aliphatic rings. The van der Waals surface area contributed by atoms with Crippen molar-refractivity contribution in [2.75, 3.05) is 4.72 Å². The molecule has 3 N–H and O–H groups in total. The van der Waals surface area contributed by atoms with Gasteiger partial charge in [-0.1, -0.05) is 18.2 Å². The lowest BCUT2D eigenvalue weighted by molar-refractivity contribution is -0.125. The molecule has 7 nitrogen and oxygen atoms in total. The van der Waals surface area contributed by atoms with E-state index in [0.29, 0.717) is 0 Å². The molecule has 0 aliphatic heterocycles. The van der Waals surface area contributed by atoms with Gasteiger partial charge in [0, 0.05) is 0 Å². The second-order valence-electron chi connectivity index (χ2n) is 4.53. The molecule has 0 saturated carbocycles.